The van der Waals surface area contributed by atoms with Gasteiger partial charge in [0.05, 0.1) is 11.1 Å². The van der Waals surface area contributed by atoms with E-state index in [1.54, 1.807) is 0 Å². The van der Waals surface area contributed by atoms with Crippen LogP contribution in [-0.4, -0.2) is 11.9 Å². The Kier molecular flexibility index (Phi) is 10.9. The van der Waals surface area contributed by atoms with Gasteiger partial charge in [-0.3, -0.25) is 0 Å². The Bertz CT molecular complexity index is 1260. The van der Waals surface area contributed by atoms with Crippen molar-refractivity contribution in [3.05, 3.63) is 141 Å². The van der Waals surface area contributed by atoms with Gasteiger partial charge in [-0.15, -0.1) is 0 Å². The highest BCUT2D eigenvalue weighted by Gasteiger charge is 2.29. The molecule has 0 N–H and O–H groups in total. The van der Waals surface area contributed by atoms with E-state index in [4.69, 9.17) is 33.0 Å². The van der Waals surface area contributed by atoms with Crippen LogP contribution < -0.4 is 0 Å². The van der Waals surface area contributed by atoms with Crippen LogP contribution in [0.25, 0.3) is 0 Å². The molecule has 0 heterocycles. The third kappa shape index (κ3) is 9.21. The summed E-state index contributed by atoms with van der Waals surface area (Å²) in [4.78, 5) is 43.5. The van der Waals surface area contributed by atoms with Crippen LogP contribution in [0.4, 0.5) is 0 Å². The highest BCUT2D eigenvalue weighted by atomic mass is 35.5. The molecule has 0 aliphatic rings. The summed E-state index contributed by atoms with van der Waals surface area (Å²) in [5.74, 6) is -1.58. The van der Waals surface area contributed by atoms with Crippen LogP contribution in [0.2, 0.25) is 10.0 Å². The van der Waals surface area contributed by atoms with Gasteiger partial charge in [0.1, 0.15) is 11.2 Å². The van der Waals surface area contributed by atoms with Crippen molar-refractivity contribution in [3.8, 4) is 0 Å². The molecule has 0 fully saturated rings. The molecule has 4 aromatic rings. The molecule has 0 amide bonds. The summed E-state index contributed by atoms with van der Waals surface area (Å²) in [5, 5.41) is 0.972. The first-order valence-corrected chi connectivity index (χ1v) is 13.2. The standard InChI is InChI=1S/C18H22O2.C14H8Cl2O4/c1-17(2,15-11-7-5-8-12-15)19-20-18(3,4)16-13-9-6-10-14-16;15-11-5-1-9(2-6-11)13(17)19-20-14(18)10-3-7-12(16)8-4-10/h5-14H,1-4H3;1-8H. The molecule has 40 heavy (non-hydrogen) atoms. The Hall–Kier alpha value is -3.68. The monoisotopic (exact) mass is 580 g/mol. The second kappa shape index (κ2) is 14.1. The first-order valence-electron chi connectivity index (χ1n) is 12.4. The van der Waals surface area contributed by atoms with E-state index in [0.717, 1.165) is 11.1 Å². The summed E-state index contributed by atoms with van der Waals surface area (Å²) < 4.78 is 0. The lowest BCUT2D eigenvalue weighted by atomic mass is 9.98. The SMILES string of the molecule is CC(C)(OOC(C)(C)c1ccccc1)c1ccccc1.O=C(OOC(=O)c1ccc(Cl)cc1)c1ccc(Cl)cc1. The van der Waals surface area contributed by atoms with Crippen molar-refractivity contribution in [3.63, 3.8) is 0 Å². The first-order chi connectivity index (χ1) is 19.0. The molecule has 208 valence electrons. The van der Waals surface area contributed by atoms with E-state index in [1.165, 1.54) is 48.5 Å². The third-order valence-corrected chi connectivity index (χ3v) is 6.25. The number of benzene rings is 4. The number of carbonyl (C=O) groups excluding carboxylic acids is 2. The molecular weight excluding hydrogens is 551 g/mol. The predicted molar refractivity (Wildman–Crippen MR) is 155 cm³/mol. The van der Waals surface area contributed by atoms with E-state index in [-0.39, 0.29) is 11.1 Å². The number of hydrogen-bond donors (Lipinski definition) is 0. The number of rotatable bonds is 7. The Morgan fingerprint density at radius 1 is 0.500 bits per heavy atom. The molecule has 6 nitrogen and oxygen atoms in total. The maximum Gasteiger partial charge on any atom is 0.386 e. The van der Waals surface area contributed by atoms with Crippen molar-refractivity contribution in [2.45, 2.75) is 38.9 Å². The van der Waals surface area contributed by atoms with Gasteiger partial charge in [0.25, 0.3) is 0 Å². The molecule has 0 unspecified atom stereocenters. The van der Waals surface area contributed by atoms with Crippen molar-refractivity contribution < 1.29 is 29.1 Å². The molecular formula is C32H30Cl2O6. The summed E-state index contributed by atoms with van der Waals surface area (Å²) in [6.45, 7) is 8.01. The zero-order valence-electron chi connectivity index (χ0n) is 22.6. The molecule has 4 rings (SSSR count). The summed E-state index contributed by atoms with van der Waals surface area (Å²) in [5.41, 5.74) is 1.63. The Balaban J connectivity index is 0.000000220. The summed E-state index contributed by atoms with van der Waals surface area (Å²) in [7, 11) is 0. The van der Waals surface area contributed by atoms with Crippen molar-refractivity contribution in [1.82, 2.24) is 0 Å². The van der Waals surface area contributed by atoms with Crippen LogP contribution in [-0.2, 0) is 30.8 Å². The summed E-state index contributed by atoms with van der Waals surface area (Å²) in [6, 6.07) is 32.1. The number of hydrogen-bond acceptors (Lipinski definition) is 6. The van der Waals surface area contributed by atoms with Crippen molar-refractivity contribution in [2.75, 3.05) is 0 Å². The number of halogens is 2. The first kappa shape index (κ1) is 30.9. The van der Waals surface area contributed by atoms with Crippen molar-refractivity contribution >= 4 is 35.1 Å². The average Bonchev–Trinajstić information content (AvgIpc) is 2.97. The van der Waals surface area contributed by atoms with Gasteiger partial charge in [-0.25, -0.2) is 29.1 Å². The highest BCUT2D eigenvalue weighted by Crippen LogP contribution is 2.31. The lowest BCUT2D eigenvalue weighted by molar-refractivity contribution is -0.410. The van der Waals surface area contributed by atoms with Gasteiger partial charge in [0.2, 0.25) is 0 Å². The van der Waals surface area contributed by atoms with Crippen LogP contribution in [0.15, 0.2) is 109 Å². The Morgan fingerprint density at radius 3 is 1.10 bits per heavy atom. The smallest absolute Gasteiger partial charge is 0.242 e. The fraction of sp³-hybridized carbons (Fsp3) is 0.188. The topological polar surface area (TPSA) is 71.1 Å². The normalized spacial score (nSPS) is 11.2. The van der Waals surface area contributed by atoms with Gasteiger partial charge < -0.3 is 0 Å². The summed E-state index contributed by atoms with van der Waals surface area (Å²) in [6.07, 6.45) is 0. The molecule has 0 saturated heterocycles. The Labute approximate surface area is 244 Å². The van der Waals surface area contributed by atoms with E-state index < -0.39 is 23.1 Å². The molecule has 4 aromatic carbocycles. The second-order valence-corrected chi connectivity index (χ2v) is 10.5. The van der Waals surface area contributed by atoms with Crippen LogP contribution >= 0.6 is 23.2 Å². The van der Waals surface area contributed by atoms with E-state index in [2.05, 4.69) is 9.78 Å². The van der Waals surface area contributed by atoms with E-state index in [9.17, 15) is 9.59 Å². The van der Waals surface area contributed by atoms with E-state index in [1.807, 2.05) is 88.4 Å². The van der Waals surface area contributed by atoms with Gasteiger partial charge >= 0.3 is 11.9 Å². The zero-order chi connectivity index (χ0) is 29.2. The third-order valence-electron chi connectivity index (χ3n) is 5.75. The fourth-order valence-corrected chi connectivity index (χ4v) is 3.58. The fourth-order valence-electron chi connectivity index (χ4n) is 3.33. The van der Waals surface area contributed by atoms with Crippen molar-refractivity contribution in [2.24, 2.45) is 0 Å². The van der Waals surface area contributed by atoms with Gasteiger partial charge in [-0.05, 0) is 87.4 Å². The molecule has 0 spiro atoms. The van der Waals surface area contributed by atoms with Gasteiger partial charge in [0, 0.05) is 10.0 Å². The largest absolute Gasteiger partial charge is 0.386 e. The average molecular weight is 581 g/mol. The second-order valence-electron chi connectivity index (χ2n) is 9.67. The maximum atomic E-state index is 11.6. The van der Waals surface area contributed by atoms with Crippen LogP contribution in [0.5, 0.6) is 0 Å². The molecule has 0 aliphatic carbocycles. The van der Waals surface area contributed by atoms with Crippen LogP contribution in [0.1, 0.15) is 59.5 Å². The maximum absolute atomic E-state index is 11.6. The molecule has 0 bridgehead atoms. The van der Waals surface area contributed by atoms with Gasteiger partial charge in [-0.2, -0.15) is 0 Å². The summed E-state index contributed by atoms with van der Waals surface area (Å²) >= 11 is 11.4. The van der Waals surface area contributed by atoms with E-state index in [0.29, 0.717) is 10.0 Å². The number of carbonyl (C=O) groups is 2. The molecule has 0 atom stereocenters. The Morgan fingerprint density at radius 2 is 0.800 bits per heavy atom. The van der Waals surface area contributed by atoms with E-state index >= 15 is 0 Å². The lowest BCUT2D eigenvalue weighted by Crippen LogP contribution is -2.29. The van der Waals surface area contributed by atoms with Gasteiger partial charge in [-0.1, -0.05) is 83.9 Å². The predicted octanol–water partition coefficient (Wildman–Crippen LogP) is 8.73. The minimum absolute atomic E-state index is 0.221. The highest BCUT2D eigenvalue weighted by molar-refractivity contribution is 6.31. The molecule has 0 saturated carbocycles. The van der Waals surface area contributed by atoms with Gasteiger partial charge in [0.15, 0.2) is 0 Å². The van der Waals surface area contributed by atoms with Crippen LogP contribution in [0, 0.1) is 0 Å². The molecule has 0 radical (unpaired) electrons. The molecule has 0 aliphatic heterocycles. The quantitative estimate of drug-likeness (QED) is 0.161. The minimum atomic E-state index is -0.788. The molecule has 0 aromatic heterocycles. The molecule has 8 heteroatoms. The minimum Gasteiger partial charge on any atom is -0.242 e. The van der Waals surface area contributed by atoms with Crippen molar-refractivity contribution in [1.29, 1.82) is 0 Å². The zero-order valence-corrected chi connectivity index (χ0v) is 24.1. The lowest BCUT2D eigenvalue weighted by Gasteiger charge is -2.31. The van der Waals surface area contributed by atoms with Crippen LogP contribution in [0.3, 0.4) is 0 Å².